The number of hydrogen-bond donors (Lipinski definition) is 1. The van der Waals surface area contributed by atoms with Gasteiger partial charge in [0.25, 0.3) is 0 Å². The summed E-state index contributed by atoms with van der Waals surface area (Å²) < 4.78 is 13.6. The molecule has 0 aliphatic heterocycles. The van der Waals surface area contributed by atoms with Crippen molar-refractivity contribution in [2.24, 2.45) is 0 Å². The number of aromatic nitrogens is 3. The van der Waals surface area contributed by atoms with Gasteiger partial charge in [-0.1, -0.05) is 26.0 Å². The Morgan fingerprint density at radius 1 is 1.14 bits per heavy atom. The van der Waals surface area contributed by atoms with E-state index in [2.05, 4.69) is 20.5 Å². The predicted octanol–water partition coefficient (Wildman–Crippen LogP) is 3.62. The zero-order chi connectivity index (χ0) is 15.4. The maximum atomic E-state index is 13.6. The topological polar surface area (TPSA) is 50.7 Å². The van der Waals surface area contributed by atoms with Crippen molar-refractivity contribution in [3.8, 4) is 0 Å². The van der Waals surface area contributed by atoms with E-state index in [0.29, 0.717) is 11.5 Å². The summed E-state index contributed by atoms with van der Waals surface area (Å²) in [5.74, 6) is 0.285. The smallest absolute Gasteiger partial charge is 0.243 e. The molecule has 112 valence electrons. The maximum Gasteiger partial charge on any atom is 0.243 e. The van der Waals surface area contributed by atoms with Crippen LogP contribution in [0.5, 0.6) is 0 Å². The van der Waals surface area contributed by atoms with Gasteiger partial charge in [0, 0.05) is 0 Å². The second-order valence-electron chi connectivity index (χ2n) is 5.11. The van der Waals surface area contributed by atoms with E-state index in [4.69, 9.17) is 0 Å². The third-order valence-electron chi connectivity index (χ3n) is 3.55. The molecule has 2 aromatic rings. The minimum absolute atomic E-state index is 0.0842. The number of anilines is 1. The van der Waals surface area contributed by atoms with Gasteiger partial charge in [-0.3, -0.25) is 0 Å². The van der Waals surface area contributed by atoms with Crippen LogP contribution in [-0.4, -0.2) is 15.2 Å². The van der Waals surface area contributed by atoms with Gasteiger partial charge in [-0.25, -0.2) is 9.37 Å². The Hall–Kier alpha value is -2.04. The van der Waals surface area contributed by atoms with Crippen molar-refractivity contribution in [2.45, 2.75) is 46.6 Å². The SMILES string of the molecule is CCc1nnc(NC(C)c2ccc(C)c(F)c2)nc1CC. The Kier molecular flexibility index (Phi) is 4.83. The summed E-state index contributed by atoms with van der Waals surface area (Å²) in [6.45, 7) is 7.79. The second-order valence-corrected chi connectivity index (χ2v) is 5.11. The quantitative estimate of drug-likeness (QED) is 0.913. The molecule has 0 aliphatic carbocycles. The first kappa shape index (κ1) is 15.4. The highest BCUT2D eigenvalue weighted by Crippen LogP contribution is 2.19. The van der Waals surface area contributed by atoms with Crippen LogP contribution in [0, 0.1) is 12.7 Å². The van der Waals surface area contributed by atoms with E-state index < -0.39 is 0 Å². The molecule has 0 radical (unpaired) electrons. The summed E-state index contributed by atoms with van der Waals surface area (Å²) in [4.78, 5) is 4.49. The van der Waals surface area contributed by atoms with E-state index in [0.717, 1.165) is 29.8 Å². The van der Waals surface area contributed by atoms with Gasteiger partial charge in [-0.15, -0.1) is 5.10 Å². The van der Waals surface area contributed by atoms with E-state index in [1.54, 1.807) is 19.1 Å². The van der Waals surface area contributed by atoms with Crippen LogP contribution < -0.4 is 5.32 Å². The van der Waals surface area contributed by atoms with Crippen molar-refractivity contribution < 1.29 is 4.39 Å². The number of rotatable bonds is 5. The van der Waals surface area contributed by atoms with E-state index in [9.17, 15) is 4.39 Å². The summed E-state index contributed by atoms with van der Waals surface area (Å²) in [5, 5.41) is 11.5. The number of hydrogen-bond acceptors (Lipinski definition) is 4. The monoisotopic (exact) mass is 288 g/mol. The number of benzene rings is 1. The Labute approximate surface area is 124 Å². The van der Waals surface area contributed by atoms with Crippen LogP contribution in [0.15, 0.2) is 18.2 Å². The van der Waals surface area contributed by atoms with Gasteiger partial charge in [0.1, 0.15) is 5.82 Å². The lowest BCUT2D eigenvalue weighted by Crippen LogP contribution is -2.13. The summed E-state index contributed by atoms with van der Waals surface area (Å²) in [5.41, 5.74) is 3.39. The Morgan fingerprint density at radius 3 is 2.48 bits per heavy atom. The molecule has 0 saturated carbocycles. The van der Waals surface area contributed by atoms with Crippen LogP contribution in [0.3, 0.4) is 0 Å². The van der Waals surface area contributed by atoms with E-state index in [-0.39, 0.29) is 11.9 Å². The Morgan fingerprint density at radius 2 is 1.86 bits per heavy atom. The van der Waals surface area contributed by atoms with Crippen LogP contribution in [0.1, 0.15) is 49.3 Å². The molecule has 0 fully saturated rings. The van der Waals surface area contributed by atoms with Crippen molar-refractivity contribution in [1.29, 1.82) is 0 Å². The number of halogens is 1. The molecule has 0 amide bonds. The molecule has 1 heterocycles. The third-order valence-corrected chi connectivity index (χ3v) is 3.55. The van der Waals surface area contributed by atoms with E-state index >= 15 is 0 Å². The fraction of sp³-hybridized carbons (Fsp3) is 0.438. The highest BCUT2D eigenvalue weighted by Gasteiger charge is 2.11. The molecule has 0 aliphatic rings. The molecular weight excluding hydrogens is 267 g/mol. The van der Waals surface area contributed by atoms with Crippen LogP contribution in [0.4, 0.5) is 10.3 Å². The maximum absolute atomic E-state index is 13.6. The van der Waals surface area contributed by atoms with Crippen LogP contribution in [-0.2, 0) is 12.8 Å². The van der Waals surface area contributed by atoms with Gasteiger partial charge >= 0.3 is 0 Å². The fourth-order valence-electron chi connectivity index (χ4n) is 2.15. The third kappa shape index (κ3) is 3.54. The van der Waals surface area contributed by atoms with Crippen molar-refractivity contribution >= 4 is 5.95 Å². The molecule has 0 spiro atoms. The lowest BCUT2D eigenvalue weighted by atomic mass is 10.1. The van der Waals surface area contributed by atoms with Crippen LogP contribution in [0.25, 0.3) is 0 Å². The van der Waals surface area contributed by atoms with Crippen molar-refractivity contribution in [2.75, 3.05) is 5.32 Å². The predicted molar refractivity (Wildman–Crippen MR) is 81.8 cm³/mol. The van der Waals surface area contributed by atoms with Gasteiger partial charge in [0.15, 0.2) is 0 Å². The van der Waals surface area contributed by atoms with Gasteiger partial charge in [0.2, 0.25) is 5.95 Å². The zero-order valence-electron chi connectivity index (χ0n) is 12.9. The lowest BCUT2D eigenvalue weighted by molar-refractivity contribution is 0.614. The highest BCUT2D eigenvalue weighted by atomic mass is 19.1. The van der Waals surface area contributed by atoms with Crippen molar-refractivity contribution in [1.82, 2.24) is 15.2 Å². The van der Waals surface area contributed by atoms with Gasteiger partial charge in [-0.05, 0) is 43.9 Å². The summed E-state index contributed by atoms with van der Waals surface area (Å²) in [6, 6.07) is 5.14. The van der Waals surface area contributed by atoms with Gasteiger partial charge < -0.3 is 5.32 Å². The number of aryl methyl sites for hydroxylation is 3. The highest BCUT2D eigenvalue weighted by molar-refractivity contribution is 5.33. The van der Waals surface area contributed by atoms with E-state index in [1.165, 1.54) is 0 Å². The molecular formula is C16H21FN4. The number of nitrogens with zero attached hydrogens (tertiary/aromatic N) is 3. The molecule has 5 heteroatoms. The second kappa shape index (κ2) is 6.61. The zero-order valence-corrected chi connectivity index (χ0v) is 12.9. The largest absolute Gasteiger partial charge is 0.346 e. The first-order chi connectivity index (χ1) is 10.0. The lowest BCUT2D eigenvalue weighted by Gasteiger charge is -2.15. The molecule has 21 heavy (non-hydrogen) atoms. The normalized spacial score (nSPS) is 12.2. The molecule has 0 bridgehead atoms. The molecule has 1 aromatic carbocycles. The molecule has 4 nitrogen and oxygen atoms in total. The minimum atomic E-state index is -0.198. The van der Waals surface area contributed by atoms with Gasteiger partial charge in [0.05, 0.1) is 17.4 Å². The molecule has 0 saturated heterocycles. The Balaban J connectivity index is 2.18. The summed E-state index contributed by atoms with van der Waals surface area (Å²) >= 11 is 0. The standard InChI is InChI=1S/C16H21FN4/c1-5-14-15(6-2)20-21-16(19-14)18-11(4)12-8-7-10(3)13(17)9-12/h7-9,11H,5-6H2,1-4H3,(H,18,19,21). The summed E-state index contributed by atoms with van der Waals surface area (Å²) in [7, 11) is 0. The molecule has 1 atom stereocenters. The molecule has 1 unspecified atom stereocenters. The number of nitrogens with one attached hydrogen (secondary N) is 1. The Bertz CT molecular complexity index is 628. The van der Waals surface area contributed by atoms with Crippen LogP contribution >= 0.6 is 0 Å². The fourth-order valence-corrected chi connectivity index (χ4v) is 2.15. The summed E-state index contributed by atoms with van der Waals surface area (Å²) in [6.07, 6.45) is 1.64. The molecule has 1 aromatic heterocycles. The van der Waals surface area contributed by atoms with E-state index in [1.807, 2.05) is 26.8 Å². The molecule has 1 N–H and O–H groups in total. The van der Waals surface area contributed by atoms with Gasteiger partial charge in [-0.2, -0.15) is 5.10 Å². The minimum Gasteiger partial charge on any atom is -0.346 e. The van der Waals surface area contributed by atoms with Crippen molar-refractivity contribution in [3.05, 3.63) is 46.5 Å². The average molecular weight is 288 g/mol. The first-order valence-electron chi connectivity index (χ1n) is 7.30. The van der Waals surface area contributed by atoms with Crippen LogP contribution in [0.2, 0.25) is 0 Å². The van der Waals surface area contributed by atoms with Crippen molar-refractivity contribution in [3.63, 3.8) is 0 Å². The molecule has 2 rings (SSSR count). The first-order valence-corrected chi connectivity index (χ1v) is 7.30. The average Bonchev–Trinajstić information content (AvgIpc) is 2.49.